The second-order valence-corrected chi connectivity index (χ2v) is 11.3. The molecular weight excluding hydrogens is 514 g/mol. The number of nitrogens with one attached hydrogen (secondary N) is 1. The van der Waals surface area contributed by atoms with Gasteiger partial charge in [0.25, 0.3) is 5.91 Å². The number of likely N-dealkylation sites (tertiary alicyclic amines) is 1. The number of aryl methyl sites for hydroxylation is 1. The van der Waals surface area contributed by atoms with Crippen LogP contribution in [0.1, 0.15) is 55.4 Å². The largest absolute Gasteiger partial charge is 0.338 e. The number of hydrogen-bond donors (Lipinski definition) is 1. The third-order valence-corrected chi connectivity index (χ3v) is 7.38. The number of amides is 1. The van der Waals surface area contributed by atoms with Crippen molar-refractivity contribution in [2.24, 2.45) is 5.41 Å². The molecule has 1 aliphatic heterocycles. The Morgan fingerprint density at radius 2 is 1.92 bits per heavy atom. The first-order valence-corrected chi connectivity index (χ1v) is 12.8. The van der Waals surface area contributed by atoms with Crippen LogP contribution < -0.4 is 5.32 Å². The molecule has 0 unspecified atom stereocenters. The van der Waals surface area contributed by atoms with Crippen LogP contribution in [-0.2, 0) is 12.0 Å². The lowest BCUT2D eigenvalue weighted by Crippen LogP contribution is -2.43. The van der Waals surface area contributed by atoms with E-state index in [1.54, 1.807) is 33.8 Å². The molecule has 7 nitrogen and oxygen atoms in total. The van der Waals surface area contributed by atoms with E-state index in [1.807, 2.05) is 33.8 Å². The van der Waals surface area contributed by atoms with Gasteiger partial charge in [-0.25, -0.2) is 14.1 Å². The number of nitrogens with zero attached hydrogens (tertiary/aromatic N) is 5. The van der Waals surface area contributed by atoms with Gasteiger partial charge in [-0.1, -0.05) is 29.3 Å². The predicted molar refractivity (Wildman–Crippen MR) is 143 cm³/mol. The molecule has 0 radical (unpaired) electrons. The second kappa shape index (κ2) is 10.3. The van der Waals surface area contributed by atoms with Crippen LogP contribution in [0.25, 0.3) is 0 Å². The number of nitriles is 1. The zero-order valence-corrected chi connectivity index (χ0v) is 22.8. The normalized spacial score (nSPS) is 15.4. The molecule has 1 N–H and O–H groups in total. The van der Waals surface area contributed by atoms with Gasteiger partial charge < -0.3 is 10.2 Å². The molecule has 1 aromatic carbocycles. The number of aromatic nitrogens is 3. The second-order valence-electron chi connectivity index (χ2n) is 10.5. The molecule has 0 spiro atoms. The Morgan fingerprint density at radius 1 is 1.22 bits per heavy atom. The summed E-state index contributed by atoms with van der Waals surface area (Å²) in [6.07, 6.45) is 1.27. The van der Waals surface area contributed by atoms with Crippen molar-refractivity contribution in [3.63, 3.8) is 0 Å². The Kier molecular flexibility index (Phi) is 7.50. The van der Waals surface area contributed by atoms with Gasteiger partial charge in [-0.15, -0.1) is 0 Å². The van der Waals surface area contributed by atoms with Gasteiger partial charge in [-0.05, 0) is 64.8 Å². The number of anilines is 2. The van der Waals surface area contributed by atoms with Crippen molar-refractivity contribution in [1.29, 1.82) is 5.26 Å². The van der Waals surface area contributed by atoms with Crippen LogP contribution in [-0.4, -0.2) is 38.7 Å². The van der Waals surface area contributed by atoms with Gasteiger partial charge in [-0.3, -0.25) is 4.79 Å². The first kappa shape index (κ1) is 26.9. The van der Waals surface area contributed by atoms with E-state index in [-0.39, 0.29) is 22.3 Å². The van der Waals surface area contributed by atoms with Gasteiger partial charge in [-0.2, -0.15) is 10.4 Å². The number of carbonyl (C=O) groups is 1. The summed E-state index contributed by atoms with van der Waals surface area (Å²) in [4.78, 5) is 19.2. The Bertz CT molecular complexity index is 1370. The standard InChI is InChI=1S/C27H29Cl2FN6O/c1-17-14-22(36(34-17)26(2,3)4)33-24-21(30)9-8-18(32-24)15-27(16-31)10-12-35(13-11-27)25(37)19-6-5-7-20(28)23(19)29/h5-9,14H,10-13,15H2,1-4H3,(H,32,33). The van der Waals surface area contributed by atoms with E-state index in [0.717, 1.165) is 5.69 Å². The summed E-state index contributed by atoms with van der Waals surface area (Å²) < 4.78 is 16.5. The number of pyridine rings is 1. The predicted octanol–water partition coefficient (Wildman–Crippen LogP) is 6.52. The van der Waals surface area contributed by atoms with E-state index in [2.05, 4.69) is 21.5 Å². The molecular formula is C27H29Cl2FN6O. The highest BCUT2D eigenvalue weighted by atomic mass is 35.5. The number of hydrogen-bond acceptors (Lipinski definition) is 5. The van der Waals surface area contributed by atoms with Crippen LogP contribution in [0.4, 0.5) is 16.0 Å². The molecule has 0 aliphatic carbocycles. The summed E-state index contributed by atoms with van der Waals surface area (Å²) >= 11 is 12.3. The smallest absolute Gasteiger partial charge is 0.255 e. The Labute approximate surface area is 226 Å². The minimum Gasteiger partial charge on any atom is -0.338 e. The topological polar surface area (TPSA) is 86.8 Å². The van der Waals surface area contributed by atoms with Crippen molar-refractivity contribution in [3.05, 3.63) is 69.2 Å². The third-order valence-electron chi connectivity index (χ3n) is 6.56. The zero-order valence-electron chi connectivity index (χ0n) is 21.3. The minimum atomic E-state index is -0.721. The molecule has 0 atom stereocenters. The number of carbonyl (C=O) groups excluding carboxylic acids is 1. The van der Waals surface area contributed by atoms with Crippen molar-refractivity contribution in [2.75, 3.05) is 18.4 Å². The molecule has 1 fully saturated rings. The number of halogens is 3. The van der Waals surface area contributed by atoms with Crippen LogP contribution >= 0.6 is 23.2 Å². The highest BCUT2D eigenvalue weighted by Gasteiger charge is 2.37. The molecule has 1 aliphatic rings. The Balaban J connectivity index is 1.50. The number of rotatable bonds is 5. The third kappa shape index (κ3) is 5.73. The average molecular weight is 543 g/mol. The molecule has 0 saturated carbocycles. The van der Waals surface area contributed by atoms with Crippen LogP contribution in [0.5, 0.6) is 0 Å². The molecule has 10 heteroatoms. The number of benzene rings is 1. The van der Waals surface area contributed by atoms with Gasteiger partial charge >= 0.3 is 0 Å². The van der Waals surface area contributed by atoms with E-state index in [0.29, 0.717) is 54.4 Å². The maximum Gasteiger partial charge on any atom is 0.255 e. The van der Waals surface area contributed by atoms with Crippen molar-refractivity contribution in [3.8, 4) is 6.07 Å². The molecule has 3 aromatic rings. The van der Waals surface area contributed by atoms with Gasteiger partial charge in [0.2, 0.25) is 0 Å². The first-order chi connectivity index (χ1) is 17.4. The van der Waals surface area contributed by atoms with E-state index < -0.39 is 11.2 Å². The highest BCUT2D eigenvalue weighted by molar-refractivity contribution is 6.43. The van der Waals surface area contributed by atoms with Crippen LogP contribution in [0.15, 0.2) is 36.4 Å². The molecule has 1 saturated heterocycles. The average Bonchev–Trinajstić information content (AvgIpc) is 3.23. The van der Waals surface area contributed by atoms with E-state index >= 15 is 0 Å². The summed E-state index contributed by atoms with van der Waals surface area (Å²) in [7, 11) is 0. The lowest BCUT2D eigenvalue weighted by molar-refractivity contribution is 0.0646. The zero-order chi connectivity index (χ0) is 27.0. The molecule has 0 bridgehead atoms. The minimum absolute atomic E-state index is 0.0826. The van der Waals surface area contributed by atoms with Crippen LogP contribution in [0, 0.1) is 29.5 Å². The summed E-state index contributed by atoms with van der Waals surface area (Å²) in [5.74, 6) is 0.0123. The fourth-order valence-electron chi connectivity index (χ4n) is 4.54. The lowest BCUT2D eigenvalue weighted by atomic mass is 9.76. The monoisotopic (exact) mass is 542 g/mol. The Hall–Kier alpha value is -3.15. The summed E-state index contributed by atoms with van der Waals surface area (Å²) in [5.41, 5.74) is 0.718. The fraction of sp³-hybridized carbons (Fsp3) is 0.407. The SMILES string of the molecule is Cc1cc(Nc2nc(CC3(C#N)CCN(C(=O)c4cccc(Cl)c4Cl)CC3)ccc2F)n(C(C)(C)C)n1. The van der Waals surface area contributed by atoms with E-state index in [9.17, 15) is 14.4 Å². The van der Waals surface area contributed by atoms with Gasteiger partial charge in [0.05, 0.1) is 38.3 Å². The molecule has 2 aromatic heterocycles. The van der Waals surface area contributed by atoms with Crippen molar-refractivity contribution >= 4 is 40.7 Å². The van der Waals surface area contributed by atoms with Crippen molar-refractivity contribution in [1.82, 2.24) is 19.7 Å². The van der Waals surface area contributed by atoms with E-state index in [4.69, 9.17) is 23.2 Å². The molecule has 3 heterocycles. The maximum atomic E-state index is 14.7. The summed E-state index contributed by atoms with van der Waals surface area (Å²) in [6, 6.07) is 12.2. The summed E-state index contributed by atoms with van der Waals surface area (Å²) in [6.45, 7) is 8.70. The maximum absolute atomic E-state index is 14.7. The van der Waals surface area contributed by atoms with Crippen molar-refractivity contribution in [2.45, 2.75) is 52.5 Å². The molecule has 4 rings (SSSR count). The van der Waals surface area contributed by atoms with Gasteiger partial charge in [0.15, 0.2) is 11.6 Å². The highest BCUT2D eigenvalue weighted by Crippen LogP contribution is 2.36. The van der Waals surface area contributed by atoms with Crippen molar-refractivity contribution < 1.29 is 9.18 Å². The molecule has 37 heavy (non-hydrogen) atoms. The number of piperidine rings is 1. The summed E-state index contributed by atoms with van der Waals surface area (Å²) in [5, 5.41) is 18.2. The van der Waals surface area contributed by atoms with Crippen LogP contribution in [0.2, 0.25) is 10.0 Å². The van der Waals surface area contributed by atoms with Gasteiger partial charge in [0.1, 0.15) is 5.82 Å². The Morgan fingerprint density at radius 3 is 2.57 bits per heavy atom. The quantitative estimate of drug-likeness (QED) is 0.396. The molecule has 194 valence electrons. The lowest BCUT2D eigenvalue weighted by Gasteiger charge is -2.37. The van der Waals surface area contributed by atoms with Crippen LogP contribution in [0.3, 0.4) is 0 Å². The molecule has 1 amide bonds. The first-order valence-electron chi connectivity index (χ1n) is 12.1. The van der Waals surface area contributed by atoms with E-state index in [1.165, 1.54) is 6.07 Å². The fourth-order valence-corrected chi connectivity index (χ4v) is 4.92. The van der Waals surface area contributed by atoms with Gasteiger partial charge in [0, 0.05) is 31.3 Å².